The number of hydrogen-bond donors (Lipinski definition) is 2. The number of ether oxygens (including phenoxy) is 1. The number of amides is 1. The van der Waals surface area contributed by atoms with E-state index in [0.29, 0.717) is 13.2 Å². The lowest BCUT2D eigenvalue weighted by Crippen LogP contribution is -2.53. The highest BCUT2D eigenvalue weighted by Gasteiger charge is 2.33. The van der Waals surface area contributed by atoms with E-state index in [4.69, 9.17) is 4.74 Å². The maximum atomic E-state index is 12.3. The number of benzene rings is 1. The van der Waals surface area contributed by atoms with Gasteiger partial charge in [0.15, 0.2) is 0 Å². The van der Waals surface area contributed by atoms with Crippen LogP contribution < -0.4 is 10.6 Å². The Morgan fingerprint density at radius 2 is 2.29 bits per heavy atom. The molecule has 1 aromatic rings. The molecule has 0 aromatic heterocycles. The van der Waals surface area contributed by atoms with Gasteiger partial charge in [-0.1, -0.05) is 15.9 Å². The molecule has 1 fully saturated rings. The molecule has 0 radical (unpaired) electrons. The van der Waals surface area contributed by atoms with Gasteiger partial charge in [0.25, 0.3) is 5.91 Å². The number of carbonyl (C=O) groups excluding carboxylic acids is 1. The summed E-state index contributed by atoms with van der Waals surface area (Å²) in [6.07, 6.45) is 2.15. The summed E-state index contributed by atoms with van der Waals surface area (Å²) in [4.78, 5) is 12.3. The van der Waals surface area contributed by atoms with Gasteiger partial charge in [-0.25, -0.2) is 0 Å². The van der Waals surface area contributed by atoms with Crippen LogP contribution in [0.2, 0.25) is 0 Å². The Kier molecular flexibility index (Phi) is 7.13. The van der Waals surface area contributed by atoms with Crippen LogP contribution in [-0.2, 0) is 4.74 Å². The quantitative estimate of drug-likeness (QED) is 0.829. The van der Waals surface area contributed by atoms with Crippen molar-refractivity contribution in [1.82, 2.24) is 10.6 Å². The third kappa shape index (κ3) is 4.68. The zero-order chi connectivity index (χ0) is 14.6. The van der Waals surface area contributed by atoms with Crippen LogP contribution in [0.25, 0.3) is 0 Å². The molecule has 1 aromatic carbocycles. The van der Waals surface area contributed by atoms with Gasteiger partial charge in [0.1, 0.15) is 0 Å². The minimum absolute atomic E-state index is 0. The first-order chi connectivity index (χ1) is 9.56. The van der Waals surface area contributed by atoms with Crippen LogP contribution in [-0.4, -0.2) is 38.3 Å². The summed E-state index contributed by atoms with van der Waals surface area (Å²) in [5, 5.41) is 6.48. The fraction of sp³-hybridized carbons (Fsp3) is 0.533. The first-order valence-corrected chi connectivity index (χ1v) is 7.64. The van der Waals surface area contributed by atoms with E-state index in [0.717, 1.165) is 35.0 Å². The van der Waals surface area contributed by atoms with Crippen molar-refractivity contribution in [1.29, 1.82) is 0 Å². The van der Waals surface area contributed by atoms with Crippen molar-refractivity contribution < 1.29 is 9.53 Å². The van der Waals surface area contributed by atoms with Crippen molar-refractivity contribution in [2.45, 2.75) is 25.3 Å². The largest absolute Gasteiger partial charge is 0.383 e. The average molecular weight is 378 g/mol. The minimum atomic E-state index is -0.117. The molecule has 0 bridgehead atoms. The Morgan fingerprint density at radius 1 is 1.52 bits per heavy atom. The predicted octanol–water partition coefficient (Wildman–Crippen LogP) is 2.68. The molecule has 1 aliphatic heterocycles. The molecule has 2 N–H and O–H groups in total. The molecule has 0 spiro atoms. The fourth-order valence-corrected chi connectivity index (χ4v) is 3.17. The molecule has 6 heteroatoms. The highest BCUT2D eigenvalue weighted by Crippen LogP contribution is 2.20. The lowest BCUT2D eigenvalue weighted by molar-refractivity contribution is 0.0891. The van der Waals surface area contributed by atoms with Crippen molar-refractivity contribution in [2.75, 3.05) is 26.8 Å². The third-order valence-corrected chi connectivity index (χ3v) is 4.27. The first-order valence-electron chi connectivity index (χ1n) is 6.85. The molecule has 1 atom stereocenters. The number of methoxy groups -OCH3 is 1. The Labute approximate surface area is 140 Å². The van der Waals surface area contributed by atoms with Crippen molar-refractivity contribution in [3.05, 3.63) is 33.8 Å². The van der Waals surface area contributed by atoms with Gasteiger partial charge >= 0.3 is 0 Å². The maximum Gasteiger partial charge on any atom is 0.251 e. The first kappa shape index (κ1) is 18.4. The smallest absolute Gasteiger partial charge is 0.251 e. The van der Waals surface area contributed by atoms with Crippen molar-refractivity contribution in [2.24, 2.45) is 0 Å². The number of rotatable bonds is 5. The second-order valence-corrected chi connectivity index (χ2v) is 6.30. The van der Waals surface area contributed by atoms with Gasteiger partial charge in [-0.05, 0) is 50.1 Å². The zero-order valence-electron chi connectivity index (χ0n) is 12.4. The summed E-state index contributed by atoms with van der Waals surface area (Å²) in [7, 11) is 1.70. The van der Waals surface area contributed by atoms with Crippen LogP contribution in [0.15, 0.2) is 22.7 Å². The fourth-order valence-electron chi connectivity index (χ4n) is 2.70. The molecule has 2 rings (SSSR count). The summed E-state index contributed by atoms with van der Waals surface area (Å²) < 4.78 is 6.27. The van der Waals surface area contributed by atoms with E-state index < -0.39 is 0 Å². The van der Waals surface area contributed by atoms with Crippen LogP contribution in [0, 0.1) is 6.92 Å². The monoisotopic (exact) mass is 376 g/mol. The Bertz CT molecular complexity index is 491. The molecule has 1 amide bonds. The van der Waals surface area contributed by atoms with E-state index in [1.807, 2.05) is 25.1 Å². The van der Waals surface area contributed by atoms with Gasteiger partial charge in [0.2, 0.25) is 0 Å². The molecular formula is C15H22BrClN2O2. The lowest BCUT2D eigenvalue weighted by Gasteiger charge is -2.29. The van der Waals surface area contributed by atoms with Crippen LogP contribution in [0.5, 0.6) is 0 Å². The Hall–Kier alpha value is -0.620. The van der Waals surface area contributed by atoms with E-state index in [9.17, 15) is 4.79 Å². The summed E-state index contributed by atoms with van der Waals surface area (Å²) >= 11 is 3.41. The number of carbonyl (C=O) groups is 1. The van der Waals surface area contributed by atoms with Crippen molar-refractivity contribution in [3.8, 4) is 0 Å². The van der Waals surface area contributed by atoms with Gasteiger partial charge in [-0.2, -0.15) is 0 Å². The number of hydrogen-bond acceptors (Lipinski definition) is 3. The van der Waals surface area contributed by atoms with Crippen molar-refractivity contribution in [3.63, 3.8) is 0 Å². The molecule has 118 valence electrons. The molecule has 4 nitrogen and oxygen atoms in total. The summed E-state index contributed by atoms with van der Waals surface area (Å²) in [5.74, 6) is -0.0285. The highest BCUT2D eigenvalue weighted by atomic mass is 79.9. The average Bonchev–Trinajstić information content (AvgIpc) is 2.85. The molecular weight excluding hydrogens is 356 g/mol. The van der Waals surface area contributed by atoms with E-state index in [1.54, 1.807) is 7.11 Å². The predicted molar refractivity (Wildman–Crippen MR) is 90.3 cm³/mol. The molecule has 0 aliphatic carbocycles. The Balaban J connectivity index is 0.00000220. The van der Waals surface area contributed by atoms with Gasteiger partial charge in [0.05, 0.1) is 12.1 Å². The molecule has 21 heavy (non-hydrogen) atoms. The lowest BCUT2D eigenvalue weighted by atomic mass is 9.98. The Morgan fingerprint density at radius 3 is 2.86 bits per heavy atom. The highest BCUT2D eigenvalue weighted by molar-refractivity contribution is 9.10. The standard InChI is InChI=1S/C15H21BrN2O2.ClH/c1-11-8-12(16)4-5-13(11)14(19)17-9-15(10-20-2)6-3-7-18-15;/h4-5,8,18H,3,6-7,9-10H2,1-2H3,(H,17,19);1H. The summed E-state index contributed by atoms with van der Waals surface area (Å²) in [5.41, 5.74) is 1.57. The van der Waals surface area contributed by atoms with Crippen LogP contribution in [0.4, 0.5) is 0 Å². The SMILES string of the molecule is COCC1(CNC(=O)c2ccc(Br)cc2C)CCCN1.Cl. The zero-order valence-corrected chi connectivity index (χ0v) is 14.8. The normalized spacial score (nSPS) is 20.9. The van der Waals surface area contributed by atoms with Crippen molar-refractivity contribution >= 4 is 34.2 Å². The third-order valence-electron chi connectivity index (χ3n) is 3.77. The van der Waals surface area contributed by atoms with E-state index in [1.165, 1.54) is 0 Å². The maximum absolute atomic E-state index is 12.3. The summed E-state index contributed by atoms with van der Waals surface area (Å²) in [6.45, 7) is 4.14. The molecule has 1 saturated heterocycles. The number of halogens is 2. The van der Waals surface area contributed by atoms with E-state index >= 15 is 0 Å². The van der Waals surface area contributed by atoms with Crippen LogP contribution >= 0.6 is 28.3 Å². The number of aryl methyl sites for hydroxylation is 1. The second kappa shape index (κ2) is 8.13. The van der Waals surface area contributed by atoms with Gasteiger partial charge in [0, 0.05) is 23.7 Å². The number of nitrogens with one attached hydrogen (secondary N) is 2. The van der Waals surface area contributed by atoms with Gasteiger partial charge in [-0.3, -0.25) is 4.79 Å². The summed E-state index contributed by atoms with van der Waals surface area (Å²) in [6, 6.07) is 5.69. The topological polar surface area (TPSA) is 50.4 Å². The van der Waals surface area contributed by atoms with Crippen LogP contribution in [0.3, 0.4) is 0 Å². The molecule has 1 heterocycles. The van der Waals surface area contributed by atoms with Crippen LogP contribution in [0.1, 0.15) is 28.8 Å². The molecule has 1 aliphatic rings. The van der Waals surface area contributed by atoms with E-state index in [2.05, 4.69) is 26.6 Å². The van der Waals surface area contributed by atoms with Gasteiger partial charge in [-0.15, -0.1) is 12.4 Å². The van der Waals surface area contributed by atoms with Gasteiger partial charge < -0.3 is 15.4 Å². The minimum Gasteiger partial charge on any atom is -0.383 e. The molecule has 1 unspecified atom stereocenters. The second-order valence-electron chi connectivity index (χ2n) is 5.39. The van der Waals surface area contributed by atoms with E-state index in [-0.39, 0.29) is 23.9 Å². The molecule has 0 saturated carbocycles.